The van der Waals surface area contributed by atoms with E-state index >= 15 is 9.59 Å². The molecule has 0 unspecified atom stereocenters. The van der Waals surface area contributed by atoms with E-state index in [0.717, 1.165) is 56.9 Å². The van der Waals surface area contributed by atoms with Gasteiger partial charge in [-0.25, -0.2) is 9.59 Å². The predicted molar refractivity (Wildman–Crippen MR) is 310 cm³/mol. The van der Waals surface area contributed by atoms with Crippen molar-refractivity contribution in [2.24, 2.45) is 29.6 Å². The van der Waals surface area contributed by atoms with E-state index in [9.17, 15) is 20.1 Å². The quantitative estimate of drug-likeness (QED) is 0.0587. The Balaban J connectivity index is 0.951. The van der Waals surface area contributed by atoms with Gasteiger partial charge in [0, 0.05) is 60.3 Å². The fourth-order valence-corrected chi connectivity index (χ4v) is 17.6. The minimum Gasteiger partial charge on any atom is -0.482 e. The zero-order chi connectivity index (χ0) is 55.6. The van der Waals surface area contributed by atoms with Gasteiger partial charge in [0.2, 0.25) is 0 Å². The first kappa shape index (κ1) is 54.2. The maximum absolute atomic E-state index is 15.8. The highest BCUT2D eigenvalue weighted by molar-refractivity contribution is 5.90. The highest BCUT2D eigenvalue weighted by Gasteiger charge is 2.61. The van der Waals surface area contributed by atoms with Crippen molar-refractivity contribution in [3.8, 4) is 5.75 Å². The average Bonchev–Trinajstić information content (AvgIpc) is 2.61. The number of aliphatic hydroxyl groups excluding tert-OH is 3. The first-order valence-electron chi connectivity index (χ1n) is 30.5. The van der Waals surface area contributed by atoms with Crippen molar-refractivity contribution in [3.05, 3.63) is 174 Å². The van der Waals surface area contributed by atoms with E-state index < -0.39 is 47.9 Å². The molecule has 4 heterocycles. The molecule has 2 bridgehead atoms. The largest absolute Gasteiger partial charge is 0.482 e. The van der Waals surface area contributed by atoms with Crippen molar-refractivity contribution < 1.29 is 48.3 Å². The molecule has 1 aromatic heterocycles. The number of ether oxygens (including phenoxy) is 4. The number of benzene rings is 4. The smallest absolute Gasteiger partial charge is 0.340 e. The Morgan fingerprint density at radius 2 is 1.65 bits per heavy atom. The van der Waals surface area contributed by atoms with E-state index in [1.54, 1.807) is 13.0 Å². The molecule has 2 spiro atoms. The van der Waals surface area contributed by atoms with Crippen LogP contribution in [0.3, 0.4) is 0 Å². The molecule has 0 saturated heterocycles. The second-order valence-electron chi connectivity index (χ2n) is 25.1. The summed E-state index contributed by atoms with van der Waals surface area (Å²) >= 11 is 0. The van der Waals surface area contributed by atoms with Gasteiger partial charge in [-0.3, -0.25) is 4.79 Å². The van der Waals surface area contributed by atoms with Gasteiger partial charge in [0.1, 0.15) is 11.3 Å². The Bertz CT molecular complexity index is 3380. The van der Waals surface area contributed by atoms with Crippen LogP contribution in [0.25, 0.3) is 17.0 Å². The molecule has 81 heavy (non-hydrogen) atoms. The number of methoxy groups -OCH3 is 1. The van der Waals surface area contributed by atoms with Crippen LogP contribution in [0.2, 0.25) is 0 Å². The molecule has 14 rings (SSSR count). The molecule has 3 fully saturated rings. The molecule has 11 nitrogen and oxygen atoms in total. The minimum atomic E-state index is -1.31. The summed E-state index contributed by atoms with van der Waals surface area (Å²) in [4.78, 5) is 45.7. The summed E-state index contributed by atoms with van der Waals surface area (Å²) in [5, 5.41) is 32.4. The van der Waals surface area contributed by atoms with Gasteiger partial charge >= 0.3 is 17.6 Å². The third-order valence-electron chi connectivity index (χ3n) is 21.3. The summed E-state index contributed by atoms with van der Waals surface area (Å²) in [5.74, 6) is -0.241. The third-order valence-corrected chi connectivity index (χ3v) is 21.3. The lowest BCUT2D eigenvalue weighted by molar-refractivity contribution is -0.208. The zero-order valence-corrected chi connectivity index (χ0v) is 47.0. The lowest BCUT2D eigenvalue weighted by Crippen LogP contribution is -2.62. The number of carbonyl (C=O) groups is 2. The molecule has 3 saturated carbocycles. The topological polar surface area (TPSA) is 162 Å². The number of carbonyl (C=O) groups excluding carboxylic acids is 2. The van der Waals surface area contributed by atoms with Crippen molar-refractivity contribution in [2.45, 2.75) is 164 Å². The molecule has 4 aromatic carbocycles. The molecule has 3 aliphatic heterocycles. The van der Waals surface area contributed by atoms with Gasteiger partial charge < -0.3 is 38.7 Å². The molecule has 424 valence electrons. The Morgan fingerprint density at radius 1 is 0.815 bits per heavy atom. The summed E-state index contributed by atoms with van der Waals surface area (Å²) in [6.07, 6.45) is 20.6. The lowest BCUT2D eigenvalue weighted by Gasteiger charge is -2.55. The summed E-state index contributed by atoms with van der Waals surface area (Å²) in [6.45, 7) is 0.747. The summed E-state index contributed by atoms with van der Waals surface area (Å²) in [5.41, 5.74) is 9.08. The summed E-state index contributed by atoms with van der Waals surface area (Å²) in [6, 6.07) is 28.6. The Kier molecular flexibility index (Phi) is 14.9. The Morgan fingerprint density at radius 3 is 2.48 bits per heavy atom. The SMILES string of the molecule is COC[C@@H](CCO)c1c(CO)c2ccc3c(c2oc1=O)[C@H]1OC(=O)C[C@@H]2C[C@H](c4cccc5c4C=C[C@@H]4CCC[C@H]6CCc7ccccc7[C@]564)CC[C@H]2c2ccc(cc2)CC/C(=C(\C)CO)C(=O)O[C@@H]1[C@@]1(CC=C[C@@H]2CCCC[C@@H]21)O3. The lowest BCUT2D eigenvalue weighted by atomic mass is 9.48. The van der Waals surface area contributed by atoms with Gasteiger partial charge in [-0.1, -0.05) is 110 Å². The van der Waals surface area contributed by atoms with Crippen LogP contribution in [-0.4, -0.2) is 65.9 Å². The first-order valence-corrected chi connectivity index (χ1v) is 30.5. The second-order valence-corrected chi connectivity index (χ2v) is 25.1. The highest BCUT2D eigenvalue weighted by atomic mass is 16.6. The average molecular weight is 1100 g/mol. The molecule has 11 heteroatoms. The van der Waals surface area contributed by atoms with Crippen LogP contribution in [0.15, 0.2) is 117 Å². The monoisotopic (exact) mass is 1090 g/mol. The maximum atomic E-state index is 15.8. The van der Waals surface area contributed by atoms with Crippen molar-refractivity contribution in [3.63, 3.8) is 0 Å². The van der Waals surface area contributed by atoms with Crippen molar-refractivity contribution in [1.29, 1.82) is 0 Å². The van der Waals surface area contributed by atoms with Crippen LogP contribution in [0.5, 0.6) is 5.75 Å². The number of aryl methyl sites for hydroxylation is 2. The van der Waals surface area contributed by atoms with Crippen LogP contribution in [0.1, 0.15) is 183 Å². The van der Waals surface area contributed by atoms with E-state index in [-0.39, 0.29) is 84.4 Å². The molecule has 0 radical (unpaired) electrons. The fourth-order valence-electron chi connectivity index (χ4n) is 17.6. The molecule has 3 N–H and O–H groups in total. The molecule has 5 aromatic rings. The van der Waals surface area contributed by atoms with E-state index in [2.05, 4.69) is 91.0 Å². The van der Waals surface area contributed by atoms with E-state index in [0.29, 0.717) is 58.9 Å². The summed E-state index contributed by atoms with van der Waals surface area (Å²) in [7, 11) is 1.52. The van der Waals surface area contributed by atoms with Crippen molar-refractivity contribution in [2.75, 3.05) is 26.9 Å². The van der Waals surface area contributed by atoms with Crippen LogP contribution in [0.4, 0.5) is 0 Å². The van der Waals surface area contributed by atoms with E-state index in [1.807, 2.05) is 6.07 Å². The molecule has 12 atom stereocenters. The standard InChI is InChI=1S/C70H78O11/c1-41(38-72)51-28-21-42-19-22-43(23-20-42)52-29-25-46(53-15-8-18-59-54(53)30-27-50-14-7-13-49-26-24-45-11-4-6-17-58(45)70(49,50)59)36-48(52)37-61(74)78-65-63-60(81-69(66(65)80-67(51)75)34-9-12-44-10-3-5-16-57(44)69)32-31-55-56(39-73)62(68(76)79-64(55)63)47(33-35-71)40-77-2/h4,6,8-9,11-12,15,17-20,22-23,27,30-32,44,46-50,52,57,65-66,71-73H,3,5,7,10,13-14,16,21,24-26,28-29,33-40H2,1-2H3/b51-41-/t44-,46+,47+,48-,49-,50-,52-,57-,65+,66-,69-,70-/m0/s1. The number of allylic oxidation sites excluding steroid dienone is 2. The van der Waals surface area contributed by atoms with Crippen molar-refractivity contribution in [1.82, 2.24) is 0 Å². The van der Waals surface area contributed by atoms with E-state index in [4.69, 9.17) is 23.4 Å². The predicted octanol–water partition coefficient (Wildman–Crippen LogP) is 12.5. The molecule has 6 aliphatic carbocycles. The maximum Gasteiger partial charge on any atom is 0.340 e. The Hall–Kier alpha value is -6.11. The molecule has 0 amide bonds. The zero-order valence-electron chi connectivity index (χ0n) is 47.0. The summed E-state index contributed by atoms with van der Waals surface area (Å²) < 4.78 is 33.5. The van der Waals surface area contributed by atoms with Gasteiger partial charge in [-0.15, -0.1) is 0 Å². The van der Waals surface area contributed by atoms with E-state index in [1.165, 1.54) is 66.2 Å². The van der Waals surface area contributed by atoms with Gasteiger partial charge in [0.15, 0.2) is 17.8 Å². The number of hydrogen-bond donors (Lipinski definition) is 3. The highest BCUT2D eigenvalue weighted by Crippen LogP contribution is 2.62. The number of rotatable bonds is 8. The van der Waals surface area contributed by atoms with Gasteiger partial charge in [0.05, 0.1) is 25.4 Å². The number of aliphatic hydroxyl groups is 3. The van der Waals surface area contributed by atoms with Gasteiger partial charge in [-0.05, 0) is 182 Å². The number of esters is 2. The van der Waals surface area contributed by atoms with Crippen LogP contribution in [0, 0.1) is 29.6 Å². The number of fused-ring (bicyclic) bond motifs is 15. The van der Waals surface area contributed by atoms with Crippen LogP contribution < -0.4 is 10.4 Å². The second kappa shape index (κ2) is 22.2. The molecule has 9 aliphatic rings. The van der Waals surface area contributed by atoms with Gasteiger partial charge in [0.25, 0.3) is 0 Å². The van der Waals surface area contributed by atoms with Crippen LogP contribution in [-0.2, 0) is 48.7 Å². The molecular formula is C70H78O11. The van der Waals surface area contributed by atoms with Crippen LogP contribution >= 0.6 is 0 Å². The fraction of sp³-hybridized carbons (Fsp3) is 0.500. The third kappa shape index (κ3) is 9.10. The first-order chi connectivity index (χ1) is 39.6. The Labute approximate surface area is 475 Å². The minimum absolute atomic E-state index is 0.0469. The molecular weight excluding hydrogens is 1020 g/mol. The number of hydrogen-bond acceptors (Lipinski definition) is 11. The normalized spacial score (nSPS) is 31.4. The van der Waals surface area contributed by atoms with Gasteiger partial charge in [-0.2, -0.15) is 0 Å². The van der Waals surface area contributed by atoms with Crippen molar-refractivity contribution >= 4 is 29.0 Å².